The van der Waals surface area contributed by atoms with Crippen LogP contribution in [0.25, 0.3) is 16.1 Å². The second-order valence-corrected chi connectivity index (χ2v) is 6.61. The molecule has 0 aliphatic heterocycles. The van der Waals surface area contributed by atoms with Gasteiger partial charge in [0.05, 0.1) is 0 Å². The Morgan fingerprint density at radius 1 is 1.05 bits per heavy atom. The largest absolute Gasteiger partial charge is 0.319 e. The van der Waals surface area contributed by atoms with Crippen LogP contribution in [0.4, 0.5) is 0 Å². The van der Waals surface area contributed by atoms with Crippen molar-refractivity contribution >= 4 is 23.1 Å². The molecule has 0 aliphatic carbocycles. The Labute approximate surface area is 128 Å². The summed E-state index contributed by atoms with van der Waals surface area (Å²) in [5.41, 5.74) is 5.17. The molecule has 2 aromatic heterocycles. The van der Waals surface area contributed by atoms with Gasteiger partial charge in [-0.05, 0) is 43.7 Å². The normalized spacial score (nSPS) is 10.9. The predicted molar refractivity (Wildman–Crippen MR) is 90.3 cm³/mol. The van der Waals surface area contributed by atoms with E-state index < -0.39 is 0 Å². The van der Waals surface area contributed by atoms with Crippen LogP contribution < -0.4 is 0 Å². The molecule has 0 spiro atoms. The molecule has 0 fully saturated rings. The summed E-state index contributed by atoms with van der Waals surface area (Å²) in [6.07, 6.45) is 4.41. The molecule has 0 saturated carbocycles. The number of rotatable bonds is 3. The van der Waals surface area contributed by atoms with E-state index in [1.807, 2.05) is 11.8 Å². The minimum absolute atomic E-state index is 1.23. The molecule has 0 aliphatic rings. The SMILES string of the molecule is CSc1c(-c2cccs2)cn(-c2ccc(C)cc2)c1C. The number of nitrogens with zero attached hydrogens (tertiary/aromatic N) is 1. The number of aromatic nitrogens is 1. The molecule has 0 bridgehead atoms. The fraction of sp³-hybridized carbons (Fsp3) is 0.176. The van der Waals surface area contributed by atoms with E-state index in [0.717, 1.165) is 0 Å². The molecule has 1 aromatic carbocycles. The van der Waals surface area contributed by atoms with Gasteiger partial charge < -0.3 is 4.57 Å². The fourth-order valence-corrected chi connectivity index (χ4v) is 4.01. The summed E-state index contributed by atoms with van der Waals surface area (Å²) >= 11 is 3.62. The van der Waals surface area contributed by atoms with E-state index >= 15 is 0 Å². The minimum atomic E-state index is 1.23. The minimum Gasteiger partial charge on any atom is -0.319 e. The molecule has 3 aromatic rings. The van der Waals surface area contributed by atoms with Crippen LogP contribution in [0.15, 0.2) is 52.9 Å². The third-order valence-corrected chi connectivity index (χ3v) is 5.32. The molecule has 20 heavy (non-hydrogen) atoms. The van der Waals surface area contributed by atoms with Crippen LogP contribution in [0.5, 0.6) is 0 Å². The number of thiophene rings is 1. The van der Waals surface area contributed by atoms with Gasteiger partial charge in [-0.1, -0.05) is 23.8 Å². The second kappa shape index (κ2) is 5.51. The second-order valence-electron chi connectivity index (χ2n) is 4.84. The van der Waals surface area contributed by atoms with Gasteiger partial charge in [0.25, 0.3) is 0 Å². The van der Waals surface area contributed by atoms with Crippen molar-refractivity contribution in [3.05, 3.63) is 59.2 Å². The van der Waals surface area contributed by atoms with E-state index in [9.17, 15) is 0 Å². The van der Waals surface area contributed by atoms with E-state index in [0.29, 0.717) is 0 Å². The molecule has 0 saturated heterocycles. The molecule has 1 nitrogen and oxygen atoms in total. The Balaban J connectivity index is 2.15. The molecule has 0 amide bonds. The van der Waals surface area contributed by atoms with Gasteiger partial charge >= 0.3 is 0 Å². The number of aryl methyl sites for hydroxylation is 1. The van der Waals surface area contributed by atoms with Crippen molar-refractivity contribution in [1.82, 2.24) is 4.57 Å². The molecule has 3 rings (SSSR count). The first-order chi connectivity index (χ1) is 9.70. The average Bonchev–Trinajstić information content (AvgIpc) is 3.07. The molecule has 0 unspecified atom stereocenters. The van der Waals surface area contributed by atoms with Crippen LogP contribution in [0.1, 0.15) is 11.3 Å². The monoisotopic (exact) mass is 299 g/mol. The van der Waals surface area contributed by atoms with E-state index in [-0.39, 0.29) is 0 Å². The molecule has 102 valence electrons. The van der Waals surface area contributed by atoms with Crippen LogP contribution in [0.3, 0.4) is 0 Å². The number of thioether (sulfide) groups is 1. The summed E-state index contributed by atoms with van der Waals surface area (Å²) in [5.74, 6) is 0. The van der Waals surface area contributed by atoms with Gasteiger partial charge in [-0.25, -0.2) is 0 Å². The average molecular weight is 299 g/mol. The Bertz CT molecular complexity index is 706. The van der Waals surface area contributed by atoms with Crippen molar-refractivity contribution in [3.63, 3.8) is 0 Å². The Morgan fingerprint density at radius 3 is 2.40 bits per heavy atom. The third-order valence-electron chi connectivity index (χ3n) is 3.50. The van der Waals surface area contributed by atoms with Gasteiger partial charge in [0.2, 0.25) is 0 Å². The van der Waals surface area contributed by atoms with Gasteiger partial charge in [-0.2, -0.15) is 0 Å². The van der Waals surface area contributed by atoms with Crippen molar-refractivity contribution in [1.29, 1.82) is 0 Å². The maximum atomic E-state index is 2.29. The highest BCUT2D eigenvalue weighted by Crippen LogP contribution is 2.38. The van der Waals surface area contributed by atoms with Crippen molar-refractivity contribution < 1.29 is 0 Å². The third kappa shape index (κ3) is 2.32. The zero-order valence-electron chi connectivity index (χ0n) is 11.9. The highest BCUT2D eigenvalue weighted by atomic mass is 32.2. The smallest absolute Gasteiger partial charge is 0.0453 e. The van der Waals surface area contributed by atoms with Gasteiger partial charge in [-0.3, -0.25) is 0 Å². The number of benzene rings is 1. The summed E-state index contributed by atoms with van der Waals surface area (Å²) < 4.78 is 2.29. The summed E-state index contributed by atoms with van der Waals surface area (Å²) in [6, 6.07) is 13.0. The lowest BCUT2D eigenvalue weighted by molar-refractivity contribution is 0.994. The molecular formula is C17H17NS2. The van der Waals surface area contributed by atoms with Gasteiger partial charge in [0.15, 0.2) is 0 Å². The molecule has 0 N–H and O–H groups in total. The lowest BCUT2D eigenvalue weighted by atomic mass is 10.2. The first-order valence-corrected chi connectivity index (χ1v) is 8.68. The van der Waals surface area contributed by atoms with Gasteiger partial charge in [0, 0.05) is 32.9 Å². The molecule has 0 radical (unpaired) electrons. The van der Waals surface area contributed by atoms with Crippen LogP contribution in [-0.2, 0) is 0 Å². The van der Waals surface area contributed by atoms with Gasteiger partial charge in [0.1, 0.15) is 0 Å². The Morgan fingerprint density at radius 2 is 1.80 bits per heavy atom. The zero-order valence-corrected chi connectivity index (χ0v) is 13.5. The van der Waals surface area contributed by atoms with Crippen molar-refractivity contribution in [2.24, 2.45) is 0 Å². The first-order valence-electron chi connectivity index (χ1n) is 6.57. The zero-order chi connectivity index (χ0) is 14.1. The topological polar surface area (TPSA) is 4.93 Å². The summed E-state index contributed by atoms with van der Waals surface area (Å²) in [5, 5.41) is 2.14. The van der Waals surface area contributed by atoms with E-state index in [1.165, 1.54) is 32.3 Å². The molecular weight excluding hydrogens is 282 g/mol. The maximum absolute atomic E-state index is 2.29. The summed E-state index contributed by atoms with van der Waals surface area (Å²) in [7, 11) is 0. The molecule has 3 heteroatoms. The van der Waals surface area contributed by atoms with Gasteiger partial charge in [-0.15, -0.1) is 23.1 Å². The van der Waals surface area contributed by atoms with Crippen molar-refractivity contribution in [2.75, 3.05) is 6.26 Å². The van der Waals surface area contributed by atoms with Crippen LogP contribution in [-0.4, -0.2) is 10.8 Å². The van der Waals surface area contributed by atoms with E-state index in [2.05, 4.69) is 72.6 Å². The fourth-order valence-electron chi connectivity index (χ4n) is 2.43. The lowest BCUT2D eigenvalue weighted by Gasteiger charge is -2.07. The Kier molecular flexibility index (Phi) is 3.72. The van der Waals surface area contributed by atoms with Crippen LogP contribution >= 0.6 is 23.1 Å². The number of hydrogen-bond donors (Lipinski definition) is 0. The highest BCUT2D eigenvalue weighted by molar-refractivity contribution is 7.98. The molecule has 0 atom stereocenters. The van der Waals surface area contributed by atoms with Crippen molar-refractivity contribution in [3.8, 4) is 16.1 Å². The maximum Gasteiger partial charge on any atom is 0.0453 e. The quantitative estimate of drug-likeness (QED) is 0.574. The van der Waals surface area contributed by atoms with Crippen LogP contribution in [0.2, 0.25) is 0 Å². The Hall–Kier alpha value is -1.45. The van der Waals surface area contributed by atoms with E-state index in [4.69, 9.17) is 0 Å². The summed E-state index contributed by atoms with van der Waals surface area (Å²) in [6.45, 7) is 4.32. The number of hydrogen-bond acceptors (Lipinski definition) is 2. The summed E-state index contributed by atoms with van der Waals surface area (Å²) in [4.78, 5) is 2.70. The predicted octanol–water partition coefficient (Wildman–Crippen LogP) is 5.54. The highest BCUT2D eigenvalue weighted by Gasteiger charge is 2.14. The lowest BCUT2D eigenvalue weighted by Crippen LogP contribution is -1.94. The first kappa shape index (κ1) is 13.5. The van der Waals surface area contributed by atoms with Crippen molar-refractivity contribution in [2.45, 2.75) is 18.7 Å². The molecule has 2 heterocycles. The van der Waals surface area contributed by atoms with E-state index in [1.54, 1.807) is 11.3 Å². The van der Waals surface area contributed by atoms with Crippen LogP contribution in [0, 0.1) is 13.8 Å². The standard InChI is InChI=1S/C17H17NS2/c1-12-6-8-14(9-7-12)18-11-15(16-5-4-10-20-16)17(19-3)13(18)2/h4-11H,1-3H3.